The molecule has 94 valence electrons. The fourth-order valence-corrected chi connectivity index (χ4v) is 1.61. The summed E-state index contributed by atoms with van der Waals surface area (Å²) in [6, 6.07) is 5.22. The van der Waals surface area contributed by atoms with Crippen molar-refractivity contribution in [3.63, 3.8) is 0 Å². The summed E-state index contributed by atoms with van der Waals surface area (Å²) in [5, 5.41) is 6.29. The monoisotopic (exact) mass is 255 g/mol. The van der Waals surface area contributed by atoms with E-state index in [0.29, 0.717) is 16.4 Å². The third kappa shape index (κ3) is 4.53. The highest BCUT2D eigenvalue weighted by Crippen LogP contribution is 2.27. The van der Waals surface area contributed by atoms with Crippen LogP contribution in [0.5, 0.6) is 0 Å². The van der Waals surface area contributed by atoms with Gasteiger partial charge in [0.1, 0.15) is 0 Å². The van der Waals surface area contributed by atoms with Crippen molar-refractivity contribution in [2.24, 2.45) is 0 Å². The molecule has 0 bridgehead atoms. The maximum atomic E-state index is 11.6. The van der Waals surface area contributed by atoms with E-state index in [4.69, 9.17) is 17.3 Å². The van der Waals surface area contributed by atoms with E-state index >= 15 is 0 Å². The molecule has 0 aliphatic heterocycles. The molecule has 0 unspecified atom stereocenters. The molecule has 0 saturated heterocycles. The summed E-state index contributed by atoms with van der Waals surface area (Å²) in [6.07, 6.45) is 0. The maximum Gasteiger partial charge on any atom is 0.239 e. The summed E-state index contributed by atoms with van der Waals surface area (Å²) >= 11 is 5.97. The van der Waals surface area contributed by atoms with Gasteiger partial charge in [-0.2, -0.15) is 0 Å². The van der Waals surface area contributed by atoms with Gasteiger partial charge in [0.15, 0.2) is 0 Å². The number of carbonyl (C=O) groups is 1. The Morgan fingerprint density at radius 1 is 1.41 bits per heavy atom. The van der Waals surface area contributed by atoms with Crippen molar-refractivity contribution in [3.05, 3.63) is 23.2 Å². The highest BCUT2D eigenvalue weighted by molar-refractivity contribution is 6.33. The number of para-hydroxylation sites is 1. The van der Waals surface area contributed by atoms with Gasteiger partial charge in [-0.05, 0) is 32.9 Å². The first-order valence-corrected chi connectivity index (χ1v) is 5.76. The fourth-order valence-electron chi connectivity index (χ4n) is 1.36. The number of benzene rings is 1. The number of nitrogens with one attached hydrogen (secondary N) is 2. The molecule has 4 N–H and O–H groups in total. The number of hydrogen-bond acceptors (Lipinski definition) is 3. The highest BCUT2D eigenvalue weighted by atomic mass is 35.5. The van der Waals surface area contributed by atoms with Gasteiger partial charge in [0.2, 0.25) is 5.91 Å². The minimum absolute atomic E-state index is 0.100. The standard InChI is InChI=1S/C12H18ClN3O/c1-12(2,3)16-10(17)7-15-11-8(13)5-4-6-9(11)14/h4-6,15H,7,14H2,1-3H3,(H,16,17). The van der Waals surface area contributed by atoms with Gasteiger partial charge in [0.25, 0.3) is 0 Å². The minimum atomic E-state index is -0.245. The lowest BCUT2D eigenvalue weighted by Gasteiger charge is -2.21. The minimum Gasteiger partial charge on any atom is -0.397 e. The van der Waals surface area contributed by atoms with E-state index in [0.717, 1.165) is 0 Å². The molecule has 0 aliphatic carbocycles. The Bertz CT molecular complexity index is 392. The fraction of sp³-hybridized carbons (Fsp3) is 0.417. The Hall–Kier alpha value is -1.42. The molecular weight excluding hydrogens is 238 g/mol. The third-order valence-corrected chi connectivity index (χ3v) is 2.30. The summed E-state index contributed by atoms with van der Waals surface area (Å²) in [5.74, 6) is -0.100. The van der Waals surface area contributed by atoms with E-state index < -0.39 is 0 Å². The largest absolute Gasteiger partial charge is 0.397 e. The molecule has 1 aromatic carbocycles. The van der Waals surface area contributed by atoms with Crippen LogP contribution in [-0.4, -0.2) is 18.0 Å². The van der Waals surface area contributed by atoms with Crippen LogP contribution < -0.4 is 16.4 Å². The summed E-state index contributed by atoms with van der Waals surface area (Å²) in [6.45, 7) is 5.92. The van der Waals surface area contributed by atoms with Crippen LogP contribution in [0, 0.1) is 0 Å². The van der Waals surface area contributed by atoms with Crippen LogP contribution in [0.3, 0.4) is 0 Å². The zero-order chi connectivity index (χ0) is 13.1. The number of nitrogens with two attached hydrogens (primary N) is 1. The van der Waals surface area contributed by atoms with Crippen molar-refractivity contribution in [2.75, 3.05) is 17.6 Å². The van der Waals surface area contributed by atoms with E-state index in [2.05, 4.69) is 10.6 Å². The lowest BCUT2D eigenvalue weighted by Crippen LogP contribution is -2.43. The zero-order valence-corrected chi connectivity index (χ0v) is 11.1. The summed E-state index contributed by atoms with van der Waals surface area (Å²) in [5.41, 5.74) is 6.64. The molecule has 0 radical (unpaired) electrons. The summed E-state index contributed by atoms with van der Waals surface area (Å²) in [4.78, 5) is 11.6. The van der Waals surface area contributed by atoms with Crippen molar-refractivity contribution >= 4 is 28.9 Å². The van der Waals surface area contributed by atoms with Crippen LogP contribution in [0.4, 0.5) is 11.4 Å². The smallest absolute Gasteiger partial charge is 0.239 e. The van der Waals surface area contributed by atoms with Crippen LogP contribution >= 0.6 is 11.6 Å². The average Bonchev–Trinajstić information content (AvgIpc) is 2.14. The molecule has 0 aliphatic rings. The number of halogens is 1. The SMILES string of the molecule is CC(C)(C)NC(=O)CNc1c(N)cccc1Cl. The summed E-state index contributed by atoms with van der Waals surface area (Å²) < 4.78 is 0. The molecule has 17 heavy (non-hydrogen) atoms. The molecule has 0 atom stereocenters. The highest BCUT2D eigenvalue weighted by Gasteiger charge is 2.14. The molecule has 5 heteroatoms. The van der Waals surface area contributed by atoms with E-state index in [9.17, 15) is 4.79 Å². The van der Waals surface area contributed by atoms with Gasteiger partial charge >= 0.3 is 0 Å². The molecule has 0 aromatic heterocycles. The first kappa shape index (κ1) is 13.6. The topological polar surface area (TPSA) is 67.2 Å². The average molecular weight is 256 g/mol. The third-order valence-electron chi connectivity index (χ3n) is 1.99. The number of hydrogen-bond donors (Lipinski definition) is 3. The molecule has 0 heterocycles. The lowest BCUT2D eigenvalue weighted by atomic mass is 10.1. The van der Waals surface area contributed by atoms with Gasteiger partial charge in [0, 0.05) is 5.54 Å². The second-order valence-corrected chi connectivity index (χ2v) is 5.26. The predicted octanol–water partition coefficient (Wildman–Crippen LogP) is 2.25. The molecule has 0 spiro atoms. The zero-order valence-electron chi connectivity index (χ0n) is 10.3. The van der Waals surface area contributed by atoms with Gasteiger partial charge in [-0.15, -0.1) is 0 Å². The van der Waals surface area contributed by atoms with E-state index in [1.54, 1.807) is 18.2 Å². The molecule has 4 nitrogen and oxygen atoms in total. The van der Waals surface area contributed by atoms with Gasteiger partial charge in [-0.25, -0.2) is 0 Å². The van der Waals surface area contributed by atoms with Crippen LogP contribution in [0.15, 0.2) is 18.2 Å². The number of nitrogen functional groups attached to an aromatic ring is 1. The van der Waals surface area contributed by atoms with Crippen molar-refractivity contribution in [1.82, 2.24) is 5.32 Å². The van der Waals surface area contributed by atoms with E-state index in [1.807, 2.05) is 20.8 Å². The van der Waals surface area contributed by atoms with Crippen molar-refractivity contribution in [3.8, 4) is 0 Å². The Balaban J connectivity index is 2.59. The number of carbonyl (C=O) groups excluding carboxylic acids is 1. The van der Waals surface area contributed by atoms with Crippen LogP contribution in [0.2, 0.25) is 5.02 Å². The van der Waals surface area contributed by atoms with Crippen molar-refractivity contribution in [1.29, 1.82) is 0 Å². The van der Waals surface area contributed by atoms with Crippen LogP contribution in [0.25, 0.3) is 0 Å². The van der Waals surface area contributed by atoms with Gasteiger partial charge in [-0.1, -0.05) is 17.7 Å². The van der Waals surface area contributed by atoms with Gasteiger partial charge in [0.05, 0.1) is 22.9 Å². The molecule has 1 rings (SSSR count). The lowest BCUT2D eigenvalue weighted by molar-refractivity contribution is -0.120. The second-order valence-electron chi connectivity index (χ2n) is 4.86. The quantitative estimate of drug-likeness (QED) is 0.726. The molecule has 0 saturated carbocycles. The van der Waals surface area contributed by atoms with E-state index in [-0.39, 0.29) is 18.0 Å². The normalized spacial score (nSPS) is 11.1. The van der Waals surface area contributed by atoms with Crippen LogP contribution in [-0.2, 0) is 4.79 Å². The van der Waals surface area contributed by atoms with E-state index in [1.165, 1.54) is 0 Å². The molecule has 1 amide bonds. The second kappa shape index (κ2) is 5.27. The maximum absolute atomic E-state index is 11.6. The Morgan fingerprint density at radius 3 is 2.59 bits per heavy atom. The summed E-state index contributed by atoms with van der Waals surface area (Å²) in [7, 11) is 0. The van der Waals surface area contributed by atoms with Gasteiger partial charge < -0.3 is 16.4 Å². The molecule has 0 fully saturated rings. The predicted molar refractivity (Wildman–Crippen MR) is 72.2 cm³/mol. The number of amides is 1. The van der Waals surface area contributed by atoms with Crippen molar-refractivity contribution in [2.45, 2.75) is 26.3 Å². The Kier molecular flexibility index (Phi) is 4.23. The first-order valence-electron chi connectivity index (χ1n) is 5.38. The van der Waals surface area contributed by atoms with Crippen molar-refractivity contribution < 1.29 is 4.79 Å². The van der Waals surface area contributed by atoms with Crippen LogP contribution in [0.1, 0.15) is 20.8 Å². The number of rotatable bonds is 3. The molecular formula is C12H18ClN3O. The molecule has 1 aromatic rings. The first-order chi connectivity index (χ1) is 7.79. The number of anilines is 2. The van der Waals surface area contributed by atoms with Gasteiger partial charge in [-0.3, -0.25) is 4.79 Å². The Labute approximate surface area is 107 Å². The Morgan fingerprint density at radius 2 is 2.06 bits per heavy atom.